The Hall–Kier alpha value is -2.44. The van der Waals surface area contributed by atoms with Gasteiger partial charge in [-0.3, -0.25) is 0 Å². The Labute approximate surface area is 123 Å². The van der Waals surface area contributed by atoms with Crippen LogP contribution in [-0.4, -0.2) is 31.6 Å². The van der Waals surface area contributed by atoms with Crippen LogP contribution in [0.3, 0.4) is 0 Å². The summed E-state index contributed by atoms with van der Waals surface area (Å²) >= 11 is 0. The molecule has 0 aromatic heterocycles. The third kappa shape index (κ3) is 3.18. The first-order valence-corrected chi connectivity index (χ1v) is 6.43. The molecule has 0 aliphatic carbocycles. The Balaban J connectivity index is 2.53. The average molecular weight is 293 g/mol. The van der Waals surface area contributed by atoms with Gasteiger partial charge in [0.1, 0.15) is 11.4 Å². The summed E-state index contributed by atoms with van der Waals surface area (Å²) in [5.41, 5.74) is 8.28. The Kier molecular flexibility index (Phi) is 3.93. The van der Waals surface area contributed by atoms with Gasteiger partial charge in [-0.05, 0) is 19.9 Å². The zero-order chi connectivity index (χ0) is 15.6. The Morgan fingerprint density at radius 3 is 2.52 bits per heavy atom. The molecule has 0 radical (unpaired) electrons. The minimum absolute atomic E-state index is 0.454. The highest BCUT2D eigenvalue weighted by molar-refractivity contribution is 6.05. The van der Waals surface area contributed by atoms with Gasteiger partial charge in [-0.1, -0.05) is 0 Å². The maximum Gasteiger partial charge on any atom is 0.332 e. The number of hydrogen-bond acceptors (Lipinski definition) is 5. The molecule has 0 spiro atoms. The third-order valence-electron chi connectivity index (χ3n) is 3.08. The van der Waals surface area contributed by atoms with E-state index >= 15 is 0 Å². The quantitative estimate of drug-likeness (QED) is 0.828. The monoisotopic (exact) mass is 293 g/mol. The number of hydrazone groups is 1. The number of carbonyl (C=O) groups excluding carboxylic acids is 1. The van der Waals surface area contributed by atoms with Crippen LogP contribution in [0, 0.1) is 0 Å². The van der Waals surface area contributed by atoms with E-state index in [2.05, 4.69) is 10.5 Å². The number of amides is 2. The van der Waals surface area contributed by atoms with Gasteiger partial charge in [-0.15, -0.1) is 0 Å². The molecule has 1 aliphatic rings. The molecule has 0 fully saturated rings. The molecule has 3 N–H and O–H groups in total. The predicted octanol–water partition coefficient (Wildman–Crippen LogP) is 1.64. The summed E-state index contributed by atoms with van der Waals surface area (Å²) < 4.78 is 16.5. The molecule has 2 rings (SSSR count). The molecule has 1 aliphatic heterocycles. The smallest absolute Gasteiger partial charge is 0.332 e. The number of carbonyl (C=O) groups is 1. The Morgan fingerprint density at radius 2 is 1.95 bits per heavy atom. The van der Waals surface area contributed by atoms with Crippen molar-refractivity contribution >= 4 is 11.7 Å². The lowest BCUT2D eigenvalue weighted by Crippen LogP contribution is -2.37. The second-order valence-electron chi connectivity index (χ2n) is 5.28. The van der Waals surface area contributed by atoms with Crippen LogP contribution < -0.4 is 25.4 Å². The van der Waals surface area contributed by atoms with Crippen molar-refractivity contribution in [1.29, 1.82) is 0 Å². The highest BCUT2D eigenvalue weighted by Crippen LogP contribution is 2.40. The van der Waals surface area contributed by atoms with Crippen LogP contribution in [0.4, 0.5) is 4.79 Å². The molecule has 7 nitrogen and oxygen atoms in total. The molecule has 2 amide bonds. The van der Waals surface area contributed by atoms with Crippen molar-refractivity contribution in [2.45, 2.75) is 25.9 Å². The SMILES string of the molecule is COc1cc2c(cc1OC)/C(=N\NC(N)=O)CC(C)(C)O2. The largest absolute Gasteiger partial charge is 0.493 e. The van der Waals surface area contributed by atoms with Crippen molar-refractivity contribution in [2.75, 3.05) is 14.2 Å². The van der Waals surface area contributed by atoms with Crippen LogP contribution in [0.25, 0.3) is 0 Å². The van der Waals surface area contributed by atoms with Gasteiger partial charge in [-0.2, -0.15) is 5.10 Å². The summed E-state index contributed by atoms with van der Waals surface area (Å²) in [5, 5.41) is 4.07. The van der Waals surface area contributed by atoms with E-state index in [1.54, 1.807) is 26.4 Å². The Morgan fingerprint density at radius 1 is 1.33 bits per heavy atom. The van der Waals surface area contributed by atoms with E-state index < -0.39 is 11.6 Å². The lowest BCUT2D eigenvalue weighted by atomic mass is 9.92. The van der Waals surface area contributed by atoms with Crippen LogP contribution in [0.5, 0.6) is 17.2 Å². The fourth-order valence-electron chi connectivity index (χ4n) is 2.22. The summed E-state index contributed by atoms with van der Waals surface area (Å²) in [5.74, 6) is 1.75. The average Bonchev–Trinajstić information content (AvgIpc) is 2.42. The molecule has 1 aromatic carbocycles. The standard InChI is InChI=1S/C14H19N3O4/c1-14(2)7-9(16-17-13(15)18)8-5-11(19-3)12(20-4)6-10(8)21-14/h5-6H,7H2,1-4H3,(H3,15,17,18)/b16-9-. The van der Waals surface area contributed by atoms with Gasteiger partial charge in [0.15, 0.2) is 11.5 Å². The van der Waals surface area contributed by atoms with E-state index in [1.807, 2.05) is 13.8 Å². The number of primary amides is 1. The van der Waals surface area contributed by atoms with E-state index in [-0.39, 0.29) is 0 Å². The van der Waals surface area contributed by atoms with Crippen molar-refractivity contribution < 1.29 is 19.0 Å². The maximum absolute atomic E-state index is 10.9. The summed E-state index contributed by atoms with van der Waals surface area (Å²) in [6.45, 7) is 3.87. The van der Waals surface area contributed by atoms with E-state index in [0.717, 1.165) is 5.56 Å². The zero-order valence-electron chi connectivity index (χ0n) is 12.5. The summed E-state index contributed by atoms with van der Waals surface area (Å²) in [6, 6.07) is 2.80. The van der Waals surface area contributed by atoms with E-state index in [0.29, 0.717) is 29.4 Å². The van der Waals surface area contributed by atoms with E-state index in [1.165, 1.54) is 0 Å². The number of hydrogen-bond donors (Lipinski definition) is 2. The van der Waals surface area contributed by atoms with Crippen molar-refractivity contribution in [2.24, 2.45) is 10.8 Å². The molecular formula is C14H19N3O4. The molecule has 0 atom stereocenters. The molecule has 0 unspecified atom stereocenters. The molecule has 0 saturated heterocycles. The van der Waals surface area contributed by atoms with Crippen LogP contribution in [-0.2, 0) is 0 Å². The van der Waals surface area contributed by atoms with Gasteiger partial charge < -0.3 is 19.9 Å². The molecule has 0 bridgehead atoms. The highest BCUT2D eigenvalue weighted by Gasteiger charge is 2.32. The lowest BCUT2D eigenvalue weighted by molar-refractivity contribution is 0.110. The molecule has 21 heavy (non-hydrogen) atoms. The molecule has 1 aromatic rings. The number of nitrogens with two attached hydrogens (primary N) is 1. The topological polar surface area (TPSA) is 95.2 Å². The molecule has 0 saturated carbocycles. The van der Waals surface area contributed by atoms with Crippen LogP contribution in [0.15, 0.2) is 17.2 Å². The fraction of sp³-hybridized carbons (Fsp3) is 0.429. The summed E-state index contributed by atoms with van der Waals surface area (Å²) in [7, 11) is 3.11. The number of ether oxygens (including phenoxy) is 3. The van der Waals surface area contributed by atoms with Gasteiger partial charge in [0, 0.05) is 18.1 Å². The van der Waals surface area contributed by atoms with Crippen LogP contribution in [0.1, 0.15) is 25.8 Å². The molecule has 114 valence electrons. The number of nitrogens with zero attached hydrogens (tertiary/aromatic N) is 1. The van der Waals surface area contributed by atoms with Crippen molar-refractivity contribution in [3.63, 3.8) is 0 Å². The van der Waals surface area contributed by atoms with E-state index in [9.17, 15) is 4.79 Å². The number of benzene rings is 1. The number of methoxy groups -OCH3 is 2. The third-order valence-corrected chi connectivity index (χ3v) is 3.08. The zero-order valence-corrected chi connectivity index (χ0v) is 12.5. The second kappa shape index (κ2) is 5.51. The molecule has 7 heteroatoms. The highest BCUT2D eigenvalue weighted by atomic mass is 16.5. The normalized spacial score (nSPS) is 17.6. The molecular weight excluding hydrogens is 274 g/mol. The number of rotatable bonds is 3. The minimum Gasteiger partial charge on any atom is -0.493 e. The van der Waals surface area contributed by atoms with E-state index in [4.69, 9.17) is 19.9 Å². The van der Waals surface area contributed by atoms with Crippen molar-refractivity contribution in [3.8, 4) is 17.2 Å². The van der Waals surface area contributed by atoms with Gasteiger partial charge >= 0.3 is 6.03 Å². The second-order valence-corrected chi connectivity index (χ2v) is 5.28. The first-order chi connectivity index (χ1) is 9.86. The van der Waals surface area contributed by atoms with Crippen molar-refractivity contribution in [3.05, 3.63) is 17.7 Å². The summed E-state index contributed by atoms with van der Waals surface area (Å²) in [6.07, 6.45) is 0.524. The number of fused-ring (bicyclic) bond motifs is 1. The minimum atomic E-state index is -0.714. The lowest BCUT2D eigenvalue weighted by Gasteiger charge is -2.33. The van der Waals surface area contributed by atoms with Gasteiger partial charge in [-0.25, -0.2) is 10.2 Å². The first kappa shape index (κ1) is 15.0. The van der Waals surface area contributed by atoms with Gasteiger partial charge in [0.25, 0.3) is 0 Å². The fourth-order valence-corrected chi connectivity index (χ4v) is 2.22. The Bertz CT molecular complexity index is 596. The number of urea groups is 1. The maximum atomic E-state index is 10.9. The number of nitrogens with one attached hydrogen (secondary N) is 1. The van der Waals surface area contributed by atoms with Crippen LogP contribution in [0.2, 0.25) is 0 Å². The summed E-state index contributed by atoms with van der Waals surface area (Å²) in [4.78, 5) is 10.9. The van der Waals surface area contributed by atoms with Crippen LogP contribution >= 0.6 is 0 Å². The molecule has 1 heterocycles. The van der Waals surface area contributed by atoms with Crippen molar-refractivity contribution in [1.82, 2.24) is 5.43 Å². The van der Waals surface area contributed by atoms with Gasteiger partial charge in [0.2, 0.25) is 0 Å². The predicted molar refractivity (Wildman–Crippen MR) is 78.1 cm³/mol. The first-order valence-electron chi connectivity index (χ1n) is 6.43. The van der Waals surface area contributed by atoms with Gasteiger partial charge in [0.05, 0.1) is 19.9 Å².